The molecule has 0 bridgehead atoms. The van der Waals surface area contributed by atoms with Crippen LogP contribution in [-0.2, 0) is 7.05 Å². The number of imidazole rings is 1. The van der Waals surface area contributed by atoms with Gasteiger partial charge in [0.15, 0.2) is 5.16 Å². The zero-order valence-corrected chi connectivity index (χ0v) is 14.1. The number of ether oxygens (including phenoxy) is 1. The molecule has 3 aromatic rings. The van der Waals surface area contributed by atoms with Crippen molar-refractivity contribution in [2.24, 2.45) is 7.05 Å². The van der Waals surface area contributed by atoms with Crippen LogP contribution in [0.3, 0.4) is 0 Å². The first-order valence-electron chi connectivity index (χ1n) is 7.22. The number of hydrogen-bond donors (Lipinski definition) is 1. The number of hydrogen-bond acceptors (Lipinski definition) is 5. The number of anilines is 1. The predicted molar refractivity (Wildman–Crippen MR) is 92.5 cm³/mol. The molecule has 0 aliphatic carbocycles. The third-order valence-electron chi connectivity index (χ3n) is 3.31. The number of carbonyl (C=O) groups is 1. The van der Waals surface area contributed by atoms with Gasteiger partial charge in [-0.2, -0.15) is 0 Å². The smallest absolute Gasteiger partial charge is 0.257 e. The highest BCUT2D eigenvalue weighted by molar-refractivity contribution is 7.99. The van der Waals surface area contributed by atoms with E-state index in [4.69, 9.17) is 4.74 Å². The number of rotatable bonds is 5. The first-order chi connectivity index (χ1) is 11.7. The van der Waals surface area contributed by atoms with Crippen molar-refractivity contribution in [1.29, 1.82) is 0 Å². The van der Waals surface area contributed by atoms with Crippen molar-refractivity contribution in [2.45, 2.75) is 10.1 Å². The average Bonchev–Trinajstić information content (AvgIpc) is 3.01. The summed E-state index contributed by atoms with van der Waals surface area (Å²) < 4.78 is 6.94. The summed E-state index contributed by atoms with van der Waals surface area (Å²) in [5.41, 5.74) is 1.20. The Morgan fingerprint density at radius 3 is 2.54 bits per heavy atom. The minimum absolute atomic E-state index is 0.213. The van der Waals surface area contributed by atoms with E-state index >= 15 is 0 Å². The lowest BCUT2D eigenvalue weighted by molar-refractivity contribution is 0.102. The molecule has 24 heavy (non-hydrogen) atoms. The van der Waals surface area contributed by atoms with Gasteiger partial charge in [-0.3, -0.25) is 4.79 Å². The fourth-order valence-corrected chi connectivity index (χ4v) is 2.80. The van der Waals surface area contributed by atoms with E-state index < -0.39 is 0 Å². The van der Waals surface area contributed by atoms with Crippen molar-refractivity contribution in [2.75, 3.05) is 12.4 Å². The van der Waals surface area contributed by atoms with E-state index in [1.54, 1.807) is 30.1 Å². The molecule has 7 heteroatoms. The highest BCUT2D eigenvalue weighted by Crippen LogP contribution is 2.26. The van der Waals surface area contributed by atoms with Gasteiger partial charge >= 0.3 is 0 Å². The van der Waals surface area contributed by atoms with Crippen LogP contribution in [0.15, 0.2) is 65.0 Å². The molecule has 2 aromatic heterocycles. The standard InChI is InChI=1S/C17H16N4O2S/c1-21-10-9-18-17(21)24-14-6-4-13(5-7-14)20-16(22)12-3-8-15(23-2)19-11-12/h3-11H,1-2H3,(H,20,22). The summed E-state index contributed by atoms with van der Waals surface area (Å²) in [6.07, 6.45) is 5.15. The lowest BCUT2D eigenvalue weighted by Gasteiger charge is -2.07. The number of nitrogens with one attached hydrogen (secondary N) is 1. The van der Waals surface area contributed by atoms with Crippen LogP contribution < -0.4 is 10.1 Å². The number of methoxy groups -OCH3 is 1. The Morgan fingerprint density at radius 2 is 1.96 bits per heavy atom. The van der Waals surface area contributed by atoms with Crippen LogP contribution in [0.25, 0.3) is 0 Å². The van der Waals surface area contributed by atoms with Gasteiger partial charge in [-0.25, -0.2) is 9.97 Å². The van der Waals surface area contributed by atoms with Crippen molar-refractivity contribution in [3.63, 3.8) is 0 Å². The van der Waals surface area contributed by atoms with Crippen LogP contribution in [0.5, 0.6) is 5.88 Å². The maximum Gasteiger partial charge on any atom is 0.257 e. The van der Waals surface area contributed by atoms with Crippen molar-refractivity contribution in [3.8, 4) is 5.88 Å². The van der Waals surface area contributed by atoms with Gasteiger partial charge < -0.3 is 14.6 Å². The molecule has 2 heterocycles. The molecule has 0 fully saturated rings. The molecule has 1 N–H and O–H groups in total. The Kier molecular flexibility index (Phi) is 4.81. The third kappa shape index (κ3) is 3.75. The van der Waals surface area contributed by atoms with Gasteiger partial charge in [0.2, 0.25) is 5.88 Å². The molecule has 0 unspecified atom stereocenters. The largest absolute Gasteiger partial charge is 0.481 e. The van der Waals surface area contributed by atoms with Crippen LogP contribution in [0.1, 0.15) is 10.4 Å². The van der Waals surface area contributed by atoms with E-state index in [-0.39, 0.29) is 5.91 Å². The molecule has 0 radical (unpaired) electrons. The van der Waals surface area contributed by atoms with Crippen LogP contribution in [-0.4, -0.2) is 27.6 Å². The highest BCUT2D eigenvalue weighted by atomic mass is 32.2. The van der Waals surface area contributed by atoms with Gasteiger partial charge in [-0.15, -0.1) is 0 Å². The number of aryl methyl sites for hydroxylation is 1. The zero-order chi connectivity index (χ0) is 16.9. The monoisotopic (exact) mass is 340 g/mol. The quantitative estimate of drug-likeness (QED) is 0.772. The number of amides is 1. The van der Waals surface area contributed by atoms with E-state index in [9.17, 15) is 4.79 Å². The fourth-order valence-electron chi connectivity index (χ4n) is 2.00. The van der Waals surface area contributed by atoms with Crippen molar-refractivity contribution >= 4 is 23.4 Å². The Hall–Kier alpha value is -2.80. The van der Waals surface area contributed by atoms with Crippen molar-refractivity contribution in [1.82, 2.24) is 14.5 Å². The van der Waals surface area contributed by atoms with Crippen LogP contribution in [0.2, 0.25) is 0 Å². The molecule has 0 aliphatic heterocycles. The Balaban J connectivity index is 1.65. The highest BCUT2D eigenvalue weighted by Gasteiger charge is 2.08. The molecule has 0 aliphatic rings. The molecule has 0 saturated heterocycles. The summed E-state index contributed by atoms with van der Waals surface area (Å²) in [5, 5.41) is 3.76. The summed E-state index contributed by atoms with van der Waals surface area (Å²) in [6.45, 7) is 0. The van der Waals surface area contributed by atoms with Gasteiger partial charge in [0.05, 0.1) is 12.7 Å². The lowest BCUT2D eigenvalue weighted by atomic mass is 10.2. The summed E-state index contributed by atoms with van der Waals surface area (Å²) in [7, 11) is 3.49. The normalized spacial score (nSPS) is 10.4. The average molecular weight is 340 g/mol. The predicted octanol–water partition coefficient (Wildman–Crippen LogP) is 3.23. The first-order valence-corrected chi connectivity index (χ1v) is 8.04. The molecular weight excluding hydrogens is 324 g/mol. The van der Waals surface area contributed by atoms with Gasteiger partial charge in [0.25, 0.3) is 5.91 Å². The molecule has 0 atom stereocenters. The zero-order valence-electron chi connectivity index (χ0n) is 13.3. The maximum absolute atomic E-state index is 12.2. The lowest BCUT2D eigenvalue weighted by Crippen LogP contribution is -2.12. The minimum Gasteiger partial charge on any atom is -0.481 e. The Morgan fingerprint density at radius 1 is 1.17 bits per heavy atom. The molecule has 0 saturated carbocycles. The summed E-state index contributed by atoms with van der Waals surface area (Å²) in [4.78, 5) is 21.5. The van der Waals surface area contributed by atoms with Gasteiger partial charge in [-0.05, 0) is 30.3 Å². The number of benzene rings is 1. The van der Waals surface area contributed by atoms with Crippen LogP contribution in [0.4, 0.5) is 5.69 Å². The minimum atomic E-state index is -0.213. The van der Waals surface area contributed by atoms with E-state index in [2.05, 4.69) is 15.3 Å². The second kappa shape index (κ2) is 7.18. The molecule has 1 aromatic carbocycles. The van der Waals surface area contributed by atoms with E-state index in [0.29, 0.717) is 11.4 Å². The summed E-state index contributed by atoms with van der Waals surface area (Å²) in [5.74, 6) is 0.261. The molecule has 0 spiro atoms. The molecule has 1 amide bonds. The second-order valence-corrected chi connectivity index (χ2v) is 6.03. The molecule has 122 valence electrons. The Bertz CT molecular complexity index is 829. The molecular formula is C17H16N4O2S. The fraction of sp³-hybridized carbons (Fsp3) is 0.118. The molecule has 3 rings (SSSR count). The first kappa shape index (κ1) is 16.1. The summed E-state index contributed by atoms with van der Waals surface area (Å²) in [6, 6.07) is 10.9. The Labute approximate surface area is 143 Å². The number of aromatic nitrogens is 3. The molecule has 6 nitrogen and oxygen atoms in total. The van der Waals surface area contributed by atoms with Gasteiger partial charge in [-0.1, -0.05) is 11.8 Å². The van der Waals surface area contributed by atoms with Crippen LogP contribution >= 0.6 is 11.8 Å². The second-order valence-electron chi connectivity index (χ2n) is 4.99. The van der Waals surface area contributed by atoms with Crippen LogP contribution in [0, 0.1) is 0 Å². The maximum atomic E-state index is 12.2. The number of nitrogens with zero attached hydrogens (tertiary/aromatic N) is 3. The van der Waals surface area contributed by atoms with E-state index in [1.807, 2.05) is 42.1 Å². The van der Waals surface area contributed by atoms with Gasteiger partial charge in [0, 0.05) is 42.3 Å². The summed E-state index contributed by atoms with van der Waals surface area (Å²) >= 11 is 1.56. The topological polar surface area (TPSA) is 69.0 Å². The van der Waals surface area contributed by atoms with Gasteiger partial charge in [0.1, 0.15) is 0 Å². The van der Waals surface area contributed by atoms with E-state index in [0.717, 1.165) is 15.7 Å². The SMILES string of the molecule is COc1ccc(C(=O)Nc2ccc(Sc3nccn3C)cc2)cn1. The number of pyridine rings is 1. The van der Waals surface area contributed by atoms with Crippen molar-refractivity contribution in [3.05, 3.63) is 60.6 Å². The third-order valence-corrected chi connectivity index (χ3v) is 4.39. The van der Waals surface area contributed by atoms with E-state index in [1.165, 1.54) is 13.3 Å². The van der Waals surface area contributed by atoms with Crippen molar-refractivity contribution < 1.29 is 9.53 Å². The number of carbonyl (C=O) groups excluding carboxylic acids is 1.